The van der Waals surface area contributed by atoms with Crippen molar-refractivity contribution in [2.75, 3.05) is 0 Å². The van der Waals surface area contributed by atoms with E-state index in [4.69, 9.17) is 11.6 Å². The number of imidazole rings is 1. The van der Waals surface area contributed by atoms with Crippen LogP contribution in [0.3, 0.4) is 0 Å². The van der Waals surface area contributed by atoms with Gasteiger partial charge < -0.3 is 9.88 Å². The quantitative estimate of drug-likeness (QED) is 0.878. The van der Waals surface area contributed by atoms with E-state index in [1.807, 2.05) is 24.7 Å². The maximum Gasteiger partial charge on any atom is 0.0948 e. The molecule has 0 spiro atoms. The maximum absolute atomic E-state index is 5.88. The van der Waals surface area contributed by atoms with Crippen LogP contribution in [-0.2, 0) is 19.5 Å². The van der Waals surface area contributed by atoms with Gasteiger partial charge in [0.1, 0.15) is 0 Å². The van der Waals surface area contributed by atoms with Gasteiger partial charge in [-0.2, -0.15) is 0 Å². The molecule has 4 heteroatoms. The zero-order valence-electron chi connectivity index (χ0n) is 11.4. The van der Waals surface area contributed by atoms with Gasteiger partial charge in [-0.15, -0.1) is 0 Å². The van der Waals surface area contributed by atoms with E-state index in [0.29, 0.717) is 6.04 Å². The van der Waals surface area contributed by atoms with E-state index in [1.165, 1.54) is 11.3 Å². The monoisotopic (exact) mass is 277 g/mol. The average Bonchev–Trinajstić information content (AvgIpc) is 2.86. The Morgan fingerprint density at radius 3 is 2.74 bits per heavy atom. The normalized spacial score (nSPS) is 12.6. The molecule has 0 saturated carbocycles. The number of nitrogens with one attached hydrogen (secondary N) is 1. The molecule has 1 aromatic carbocycles. The molecule has 3 nitrogen and oxygen atoms in total. The number of aromatic nitrogens is 2. The molecule has 1 unspecified atom stereocenters. The molecule has 0 saturated heterocycles. The molecule has 1 N–H and O–H groups in total. The summed E-state index contributed by atoms with van der Waals surface area (Å²) >= 11 is 5.88. The number of rotatable bonds is 6. The Morgan fingerprint density at radius 2 is 2.05 bits per heavy atom. The van der Waals surface area contributed by atoms with Crippen LogP contribution in [0.5, 0.6) is 0 Å². The summed E-state index contributed by atoms with van der Waals surface area (Å²) in [6, 6.07) is 8.46. The van der Waals surface area contributed by atoms with Crippen LogP contribution in [0.25, 0.3) is 0 Å². The van der Waals surface area contributed by atoms with Crippen LogP contribution in [0.4, 0.5) is 0 Å². The molecule has 2 aromatic rings. The highest BCUT2D eigenvalue weighted by molar-refractivity contribution is 6.30. The van der Waals surface area contributed by atoms with Gasteiger partial charge in [-0.05, 0) is 38.0 Å². The van der Waals surface area contributed by atoms with Crippen molar-refractivity contribution < 1.29 is 0 Å². The first-order valence-corrected chi connectivity index (χ1v) is 7.03. The topological polar surface area (TPSA) is 29.9 Å². The fraction of sp³-hybridized carbons (Fsp3) is 0.400. The summed E-state index contributed by atoms with van der Waals surface area (Å²) in [4.78, 5) is 4.17. The largest absolute Gasteiger partial charge is 0.334 e. The van der Waals surface area contributed by atoms with Gasteiger partial charge in [0.05, 0.1) is 12.0 Å². The van der Waals surface area contributed by atoms with Gasteiger partial charge in [0, 0.05) is 30.4 Å². The van der Waals surface area contributed by atoms with Gasteiger partial charge in [-0.3, -0.25) is 0 Å². The Morgan fingerprint density at radius 1 is 1.32 bits per heavy atom. The molecule has 2 rings (SSSR count). The second-order valence-corrected chi connectivity index (χ2v) is 5.22. The van der Waals surface area contributed by atoms with Gasteiger partial charge in [0.15, 0.2) is 0 Å². The van der Waals surface area contributed by atoms with E-state index in [0.717, 1.165) is 24.5 Å². The van der Waals surface area contributed by atoms with Crippen LogP contribution in [0, 0.1) is 0 Å². The lowest BCUT2D eigenvalue weighted by atomic mass is 10.1. The third kappa shape index (κ3) is 4.08. The molecule has 0 radical (unpaired) electrons. The molecule has 0 aliphatic heterocycles. The van der Waals surface area contributed by atoms with Gasteiger partial charge in [0.25, 0.3) is 0 Å². The Bertz CT molecular complexity index is 504. The van der Waals surface area contributed by atoms with Gasteiger partial charge in [-0.25, -0.2) is 4.98 Å². The lowest BCUT2D eigenvalue weighted by Crippen LogP contribution is -2.28. The van der Waals surface area contributed by atoms with Crippen molar-refractivity contribution in [3.05, 3.63) is 53.1 Å². The SMILES string of the molecule is CCn1cncc1CNC(C)Cc1ccc(Cl)cc1. The van der Waals surface area contributed by atoms with Gasteiger partial charge >= 0.3 is 0 Å². The third-order valence-corrected chi connectivity index (χ3v) is 3.48. The zero-order valence-corrected chi connectivity index (χ0v) is 12.2. The van der Waals surface area contributed by atoms with E-state index < -0.39 is 0 Å². The first-order chi connectivity index (χ1) is 9.19. The first-order valence-electron chi connectivity index (χ1n) is 6.66. The molecule has 19 heavy (non-hydrogen) atoms. The molecule has 1 aromatic heterocycles. The van der Waals surface area contributed by atoms with Crippen LogP contribution in [-0.4, -0.2) is 15.6 Å². The maximum atomic E-state index is 5.88. The van der Waals surface area contributed by atoms with Crippen molar-refractivity contribution in [1.82, 2.24) is 14.9 Å². The molecule has 0 bridgehead atoms. The van der Waals surface area contributed by atoms with E-state index in [2.05, 4.69) is 40.8 Å². The van der Waals surface area contributed by atoms with Crippen molar-refractivity contribution in [3.63, 3.8) is 0 Å². The molecular formula is C15H20ClN3. The van der Waals surface area contributed by atoms with Crippen LogP contribution < -0.4 is 5.32 Å². The van der Waals surface area contributed by atoms with E-state index in [1.54, 1.807) is 0 Å². The predicted octanol–water partition coefficient (Wildman–Crippen LogP) is 3.28. The summed E-state index contributed by atoms with van der Waals surface area (Å²) in [5.74, 6) is 0. The van der Waals surface area contributed by atoms with Crippen LogP contribution in [0.15, 0.2) is 36.8 Å². The summed E-state index contributed by atoms with van der Waals surface area (Å²) < 4.78 is 2.15. The second-order valence-electron chi connectivity index (χ2n) is 4.78. The summed E-state index contributed by atoms with van der Waals surface area (Å²) in [6.07, 6.45) is 4.80. The van der Waals surface area contributed by atoms with Crippen LogP contribution in [0.1, 0.15) is 25.1 Å². The van der Waals surface area contributed by atoms with Crippen molar-refractivity contribution in [2.45, 2.75) is 39.4 Å². The highest BCUT2D eigenvalue weighted by Crippen LogP contribution is 2.11. The van der Waals surface area contributed by atoms with Crippen molar-refractivity contribution in [1.29, 1.82) is 0 Å². The van der Waals surface area contributed by atoms with E-state index in [-0.39, 0.29) is 0 Å². The first kappa shape index (κ1) is 14.1. The molecule has 0 aliphatic rings. The number of nitrogens with zero attached hydrogens (tertiary/aromatic N) is 2. The van der Waals surface area contributed by atoms with Crippen molar-refractivity contribution in [3.8, 4) is 0 Å². The summed E-state index contributed by atoms with van der Waals surface area (Å²) in [5.41, 5.74) is 2.53. The van der Waals surface area contributed by atoms with Crippen LogP contribution in [0.2, 0.25) is 5.02 Å². The average molecular weight is 278 g/mol. The Hall–Kier alpha value is -1.32. The highest BCUT2D eigenvalue weighted by atomic mass is 35.5. The summed E-state index contributed by atoms with van der Waals surface area (Å²) in [5, 5.41) is 4.32. The lowest BCUT2D eigenvalue weighted by molar-refractivity contribution is 0.527. The lowest BCUT2D eigenvalue weighted by Gasteiger charge is -2.14. The molecule has 0 aliphatic carbocycles. The van der Waals surface area contributed by atoms with Crippen molar-refractivity contribution in [2.24, 2.45) is 0 Å². The standard InChI is InChI=1S/C15H20ClN3/c1-3-19-11-17-9-15(19)10-18-12(2)8-13-4-6-14(16)7-5-13/h4-7,9,11-12,18H,3,8,10H2,1-2H3. The zero-order chi connectivity index (χ0) is 13.7. The molecule has 102 valence electrons. The summed E-state index contributed by atoms with van der Waals surface area (Å²) in [7, 11) is 0. The number of benzene rings is 1. The Labute approximate surface area is 119 Å². The smallest absolute Gasteiger partial charge is 0.0948 e. The molecule has 1 atom stereocenters. The highest BCUT2D eigenvalue weighted by Gasteiger charge is 2.05. The predicted molar refractivity (Wildman–Crippen MR) is 79.4 cm³/mol. The third-order valence-electron chi connectivity index (χ3n) is 3.23. The van der Waals surface area contributed by atoms with Gasteiger partial charge in [0.2, 0.25) is 0 Å². The fourth-order valence-electron chi connectivity index (χ4n) is 2.11. The number of aryl methyl sites for hydroxylation is 1. The molecular weight excluding hydrogens is 258 g/mol. The number of hydrogen-bond acceptors (Lipinski definition) is 2. The summed E-state index contributed by atoms with van der Waals surface area (Å²) in [6.45, 7) is 6.13. The molecule has 1 heterocycles. The fourth-order valence-corrected chi connectivity index (χ4v) is 2.23. The van der Waals surface area contributed by atoms with Crippen LogP contribution >= 0.6 is 11.6 Å². The minimum absolute atomic E-state index is 0.418. The molecule has 0 amide bonds. The van der Waals surface area contributed by atoms with E-state index >= 15 is 0 Å². The minimum atomic E-state index is 0.418. The van der Waals surface area contributed by atoms with Gasteiger partial charge in [-0.1, -0.05) is 23.7 Å². The Kier molecular flexibility index (Phi) is 5.00. The van der Waals surface area contributed by atoms with E-state index in [9.17, 15) is 0 Å². The minimum Gasteiger partial charge on any atom is -0.334 e. The number of hydrogen-bond donors (Lipinski definition) is 1. The Balaban J connectivity index is 1.84. The second kappa shape index (κ2) is 6.73. The molecule has 0 fully saturated rings. The van der Waals surface area contributed by atoms with Crippen molar-refractivity contribution >= 4 is 11.6 Å². The number of halogens is 1.